The van der Waals surface area contributed by atoms with E-state index in [0.717, 1.165) is 62.7 Å². The van der Waals surface area contributed by atoms with E-state index in [2.05, 4.69) is 49.8 Å². The Balaban J connectivity index is 1.65. The maximum absolute atomic E-state index is 13.3. The van der Waals surface area contributed by atoms with Crippen LogP contribution in [0.15, 0.2) is 35.5 Å². The predicted molar refractivity (Wildman–Crippen MR) is 134 cm³/mol. The topological polar surface area (TPSA) is 53.0 Å². The summed E-state index contributed by atoms with van der Waals surface area (Å²) >= 11 is 0. The molecule has 184 valence electrons. The molecular formula is C28H44N2O3. The second kappa shape index (κ2) is 11.9. The number of amides is 1. The summed E-state index contributed by atoms with van der Waals surface area (Å²) < 4.78 is 6.22. The average Bonchev–Trinajstić information content (AvgIpc) is 2.90. The Labute approximate surface area is 200 Å². The van der Waals surface area contributed by atoms with Gasteiger partial charge in [-0.15, -0.1) is 0 Å². The van der Waals surface area contributed by atoms with E-state index in [9.17, 15) is 9.90 Å². The summed E-state index contributed by atoms with van der Waals surface area (Å²) in [6.45, 7) is 9.06. The Morgan fingerprint density at radius 3 is 2.30 bits per heavy atom. The first-order valence-corrected chi connectivity index (χ1v) is 13.0. The summed E-state index contributed by atoms with van der Waals surface area (Å²) in [6, 6.07) is 8.29. The summed E-state index contributed by atoms with van der Waals surface area (Å²) in [5, 5.41) is 9.80. The van der Waals surface area contributed by atoms with Crippen molar-refractivity contribution in [3.63, 3.8) is 0 Å². The van der Waals surface area contributed by atoms with Crippen molar-refractivity contribution in [3.05, 3.63) is 41.1 Å². The molecule has 1 aliphatic heterocycles. The van der Waals surface area contributed by atoms with Gasteiger partial charge in [-0.25, -0.2) is 0 Å². The molecule has 1 aromatic carbocycles. The standard InChI is InChI=1S/C28H44N2O3/c1-6-9-26-22(7-2)18-28(32)30(27(8-3)29(26)5)19-21-10-14-24(15-11-21)33-25-16-12-23(13-17-25)20(4)31/h10-11,14-15,20,23,25,27,31H,6-9,12-13,16-19H2,1-5H3. The third-order valence-electron chi connectivity index (χ3n) is 7.58. The zero-order valence-corrected chi connectivity index (χ0v) is 21.3. The van der Waals surface area contributed by atoms with Crippen LogP contribution in [-0.4, -0.2) is 46.2 Å². The van der Waals surface area contributed by atoms with Gasteiger partial charge in [0, 0.05) is 25.7 Å². The number of carbonyl (C=O) groups excluding carboxylic acids is 1. The first-order chi connectivity index (χ1) is 15.9. The number of aliphatic hydroxyl groups is 1. The molecule has 2 atom stereocenters. The molecule has 5 heteroatoms. The van der Waals surface area contributed by atoms with E-state index in [-0.39, 0.29) is 24.3 Å². The minimum Gasteiger partial charge on any atom is -0.490 e. The van der Waals surface area contributed by atoms with E-state index < -0.39 is 0 Å². The summed E-state index contributed by atoms with van der Waals surface area (Å²) in [4.78, 5) is 17.7. The fraction of sp³-hybridized carbons (Fsp3) is 0.679. The SMILES string of the molecule is CCCC1=C(CC)CC(=O)N(Cc2ccc(OC3CCC(C(C)O)CC3)cc2)C(CC)N1C. The molecule has 1 heterocycles. The van der Waals surface area contributed by atoms with Crippen LogP contribution < -0.4 is 4.74 Å². The quantitative estimate of drug-likeness (QED) is 0.505. The molecule has 5 nitrogen and oxygen atoms in total. The molecule has 0 bridgehead atoms. The van der Waals surface area contributed by atoms with Crippen molar-refractivity contribution < 1.29 is 14.6 Å². The lowest BCUT2D eigenvalue weighted by molar-refractivity contribution is -0.136. The third kappa shape index (κ3) is 6.32. The Morgan fingerprint density at radius 2 is 1.76 bits per heavy atom. The molecule has 1 amide bonds. The second-order valence-electron chi connectivity index (χ2n) is 9.89. The fourth-order valence-electron chi connectivity index (χ4n) is 5.55. The van der Waals surface area contributed by atoms with E-state index in [1.807, 2.05) is 19.1 Å². The van der Waals surface area contributed by atoms with Crippen molar-refractivity contribution in [1.29, 1.82) is 0 Å². The largest absolute Gasteiger partial charge is 0.490 e. The predicted octanol–water partition coefficient (Wildman–Crippen LogP) is 5.87. The van der Waals surface area contributed by atoms with Gasteiger partial charge in [0.1, 0.15) is 11.9 Å². The molecule has 1 N–H and O–H groups in total. The van der Waals surface area contributed by atoms with Gasteiger partial charge >= 0.3 is 0 Å². The summed E-state index contributed by atoms with van der Waals surface area (Å²) in [7, 11) is 2.16. The number of nitrogens with zero attached hydrogens (tertiary/aromatic N) is 2. The lowest BCUT2D eigenvalue weighted by atomic mass is 9.84. The molecule has 1 aliphatic carbocycles. The minimum absolute atomic E-state index is 0.0862. The van der Waals surface area contributed by atoms with Crippen LogP contribution in [0.2, 0.25) is 0 Å². The van der Waals surface area contributed by atoms with E-state index in [1.54, 1.807) is 0 Å². The van der Waals surface area contributed by atoms with Crippen molar-refractivity contribution in [1.82, 2.24) is 9.80 Å². The van der Waals surface area contributed by atoms with E-state index >= 15 is 0 Å². The molecule has 1 fully saturated rings. The van der Waals surface area contributed by atoms with Crippen LogP contribution in [0, 0.1) is 5.92 Å². The minimum atomic E-state index is -0.223. The van der Waals surface area contributed by atoms with Crippen molar-refractivity contribution in [3.8, 4) is 5.75 Å². The highest BCUT2D eigenvalue weighted by molar-refractivity contribution is 5.79. The first kappa shape index (κ1) is 25.6. The number of hydrogen-bond acceptors (Lipinski definition) is 4. The lowest BCUT2D eigenvalue weighted by Gasteiger charge is -2.38. The van der Waals surface area contributed by atoms with Gasteiger partial charge in [-0.3, -0.25) is 4.79 Å². The van der Waals surface area contributed by atoms with Gasteiger partial charge in [0.25, 0.3) is 0 Å². The molecule has 33 heavy (non-hydrogen) atoms. The number of aliphatic hydroxyl groups excluding tert-OH is 1. The van der Waals surface area contributed by atoms with Gasteiger partial charge in [0.15, 0.2) is 0 Å². The molecule has 1 aromatic rings. The van der Waals surface area contributed by atoms with Gasteiger partial charge in [0.05, 0.1) is 12.2 Å². The van der Waals surface area contributed by atoms with Crippen LogP contribution in [0.25, 0.3) is 0 Å². The molecule has 2 unspecified atom stereocenters. The first-order valence-electron chi connectivity index (χ1n) is 13.0. The van der Waals surface area contributed by atoms with Crippen molar-refractivity contribution >= 4 is 5.91 Å². The maximum Gasteiger partial charge on any atom is 0.228 e. The zero-order chi connectivity index (χ0) is 24.0. The van der Waals surface area contributed by atoms with Gasteiger partial charge in [-0.2, -0.15) is 0 Å². The third-order valence-corrected chi connectivity index (χ3v) is 7.58. The van der Waals surface area contributed by atoms with E-state index in [1.165, 1.54) is 11.3 Å². The zero-order valence-electron chi connectivity index (χ0n) is 21.3. The molecule has 0 aromatic heterocycles. The number of rotatable bonds is 9. The van der Waals surface area contributed by atoms with Crippen LogP contribution in [0.4, 0.5) is 0 Å². The van der Waals surface area contributed by atoms with Gasteiger partial charge in [-0.05, 0) is 81.1 Å². The monoisotopic (exact) mass is 456 g/mol. The average molecular weight is 457 g/mol. The number of hydrogen-bond donors (Lipinski definition) is 1. The van der Waals surface area contributed by atoms with Gasteiger partial charge in [-0.1, -0.05) is 39.3 Å². The Bertz CT molecular complexity index is 794. The number of ether oxygens (including phenoxy) is 1. The van der Waals surface area contributed by atoms with Gasteiger partial charge < -0.3 is 19.6 Å². The van der Waals surface area contributed by atoms with Crippen LogP contribution >= 0.6 is 0 Å². The Morgan fingerprint density at radius 1 is 1.09 bits per heavy atom. The van der Waals surface area contributed by atoms with E-state index in [0.29, 0.717) is 18.9 Å². The summed E-state index contributed by atoms with van der Waals surface area (Å²) in [5.74, 6) is 1.53. The molecule has 0 radical (unpaired) electrons. The molecule has 1 saturated carbocycles. The lowest BCUT2D eigenvalue weighted by Crippen LogP contribution is -2.46. The fourth-order valence-corrected chi connectivity index (χ4v) is 5.55. The molecule has 2 aliphatic rings. The number of carbonyl (C=O) groups is 1. The molecule has 3 rings (SSSR count). The maximum atomic E-state index is 13.3. The van der Waals surface area contributed by atoms with E-state index in [4.69, 9.17) is 4.74 Å². The number of benzene rings is 1. The van der Waals surface area contributed by atoms with Crippen LogP contribution in [-0.2, 0) is 11.3 Å². The Hall–Kier alpha value is -2.01. The van der Waals surface area contributed by atoms with Crippen LogP contribution in [0.3, 0.4) is 0 Å². The van der Waals surface area contributed by atoms with Crippen LogP contribution in [0.1, 0.15) is 91.0 Å². The highest BCUT2D eigenvalue weighted by atomic mass is 16.5. The normalized spacial score (nSPS) is 25.3. The molecule has 0 spiro atoms. The molecule has 0 saturated heterocycles. The Kier molecular flexibility index (Phi) is 9.25. The molecular weight excluding hydrogens is 412 g/mol. The van der Waals surface area contributed by atoms with Crippen molar-refractivity contribution in [2.24, 2.45) is 5.92 Å². The van der Waals surface area contributed by atoms with Crippen molar-refractivity contribution in [2.45, 2.75) is 110 Å². The summed E-state index contributed by atoms with van der Waals surface area (Å²) in [6.07, 6.45) is 8.63. The van der Waals surface area contributed by atoms with Crippen molar-refractivity contribution in [2.75, 3.05) is 7.05 Å². The summed E-state index contributed by atoms with van der Waals surface area (Å²) in [5.41, 5.74) is 3.79. The highest BCUT2D eigenvalue weighted by Crippen LogP contribution is 2.32. The highest BCUT2D eigenvalue weighted by Gasteiger charge is 2.32. The van der Waals surface area contributed by atoms with Crippen LogP contribution in [0.5, 0.6) is 5.75 Å². The number of allylic oxidation sites excluding steroid dienone is 1. The van der Waals surface area contributed by atoms with Gasteiger partial charge in [0.2, 0.25) is 5.91 Å². The second-order valence-corrected chi connectivity index (χ2v) is 9.89. The smallest absolute Gasteiger partial charge is 0.228 e.